The van der Waals surface area contributed by atoms with Crippen LogP contribution in [0.25, 0.3) is 0 Å². The number of carboxylic acids is 1. The predicted octanol–water partition coefficient (Wildman–Crippen LogP) is 1.43. The van der Waals surface area contributed by atoms with E-state index in [-0.39, 0.29) is 18.5 Å². The fourth-order valence-corrected chi connectivity index (χ4v) is 2.19. The van der Waals surface area contributed by atoms with Crippen LogP contribution >= 0.6 is 0 Å². The Hall–Kier alpha value is -1.78. The zero-order valence-corrected chi connectivity index (χ0v) is 10.7. The largest absolute Gasteiger partial charge is 0.481 e. The van der Waals surface area contributed by atoms with E-state index in [4.69, 9.17) is 5.11 Å². The molecule has 0 aromatic heterocycles. The molecule has 0 spiro atoms. The summed E-state index contributed by atoms with van der Waals surface area (Å²) in [5.74, 6) is -1.32. The average Bonchev–Trinajstić information content (AvgIpc) is 2.70. The van der Waals surface area contributed by atoms with Crippen LogP contribution in [0.1, 0.15) is 6.92 Å². The first-order chi connectivity index (χ1) is 8.51. The van der Waals surface area contributed by atoms with E-state index < -0.39 is 11.9 Å². The van der Waals surface area contributed by atoms with E-state index >= 15 is 0 Å². The van der Waals surface area contributed by atoms with Crippen LogP contribution in [0.5, 0.6) is 0 Å². The van der Waals surface area contributed by atoms with Crippen molar-refractivity contribution in [3.05, 3.63) is 25.3 Å². The highest BCUT2D eigenvalue weighted by Crippen LogP contribution is 2.24. The molecule has 1 N–H and O–H groups in total. The molecule has 2 atom stereocenters. The van der Waals surface area contributed by atoms with Crippen LogP contribution in [0, 0.1) is 11.8 Å². The van der Waals surface area contributed by atoms with Crippen LogP contribution in [0.15, 0.2) is 25.3 Å². The molecule has 1 aliphatic rings. The molecule has 0 radical (unpaired) electrons. The number of hydrogen-bond acceptors (Lipinski definition) is 2. The van der Waals surface area contributed by atoms with Crippen LogP contribution in [0.3, 0.4) is 0 Å². The number of nitrogens with zero attached hydrogens (tertiary/aromatic N) is 2. The first-order valence-corrected chi connectivity index (χ1v) is 5.99. The second kappa shape index (κ2) is 6.23. The molecule has 0 unspecified atom stereocenters. The SMILES string of the molecule is C=CCN(CC=C)C(=O)N1C[C@@H](C)[C@H](C(=O)O)C1. The minimum atomic E-state index is -0.836. The van der Waals surface area contributed by atoms with Gasteiger partial charge >= 0.3 is 12.0 Å². The van der Waals surface area contributed by atoms with E-state index in [9.17, 15) is 9.59 Å². The van der Waals surface area contributed by atoms with Crippen molar-refractivity contribution in [1.29, 1.82) is 0 Å². The van der Waals surface area contributed by atoms with Gasteiger partial charge in [0.25, 0.3) is 0 Å². The highest BCUT2D eigenvalue weighted by atomic mass is 16.4. The summed E-state index contributed by atoms with van der Waals surface area (Å²) in [7, 11) is 0. The van der Waals surface area contributed by atoms with E-state index in [0.717, 1.165) is 0 Å². The van der Waals surface area contributed by atoms with E-state index in [1.165, 1.54) is 0 Å². The number of hydrogen-bond donors (Lipinski definition) is 1. The Labute approximate surface area is 107 Å². The van der Waals surface area contributed by atoms with E-state index in [1.807, 2.05) is 6.92 Å². The first kappa shape index (κ1) is 14.3. The minimum Gasteiger partial charge on any atom is -0.481 e. The molecule has 5 nitrogen and oxygen atoms in total. The number of carboxylic acid groups (broad SMARTS) is 1. The fourth-order valence-electron chi connectivity index (χ4n) is 2.19. The summed E-state index contributed by atoms with van der Waals surface area (Å²) < 4.78 is 0. The summed E-state index contributed by atoms with van der Waals surface area (Å²) >= 11 is 0. The highest BCUT2D eigenvalue weighted by Gasteiger charge is 2.37. The number of carbonyl (C=O) groups is 2. The van der Waals surface area contributed by atoms with Crippen molar-refractivity contribution in [2.24, 2.45) is 11.8 Å². The zero-order valence-electron chi connectivity index (χ0n) is 10.7. The van der Waals surface area contributed by atoms with Crippen LogP contribution in [-0.4, -0.2) is 53.1 Å². The van der Waals surface area contributed by atoms with Crippen LogP contribution in [-0.2, 0) is 4.79 Å². The second-order valence-electron chi connectivity index (χ2n) is 4.59. The lowest BCUT2D eigenvalue weighted by Crippen LogP contribution is -2.42. The van der Waals surface area contributed by atoms with Gasteiger partial charge in [0.15, 0.2) is 0 Å². The topological polar surface area (TPSA) is 60.9 Å². The smallest absolute Gasteiger partial charge is 0.320 e. The van der Waals surface area contributed by atoms with Crippen molar-refractivity contribution >= 4 is 12.0 Å². The van der Waals surface area contributed by atoms with E-state index in [1.54, 1.807) is 22.0 Å². The molecule has 1 heterocycles. The maximum Gasteiger partial charge on any atom is 0.320 e. The molecule has 1 fully saturated rings. The molecule has 5 heteroatoms. The average molecular weight is 252 g/mol. The van der Waals surface area contributed by atoms with Gasteiger partial charge in [-0.3, -0.25) is 4.79 Å². The third-order valence-corrected chi connectivity index (χ3v) is 3.17. The molecular formula is C13H20N2O3. The van der Waals surface area contributed by atoms with Gasteiger partial charge in [0.2, 0.25) is 0 Å². The quantitative estimate of drug-likeness (QED) is 0.753. The number of amides is 2. The maximum atomic E-state index is 12.2. The highest BCUT2D eigenvalue weighted by molar-refractivity contribution is 5.78. The molecule has 1 saturated heterocycles. The van der Waals surface area contributed by atoms with Crippen LogP contribution in [0.2, 0.25) is 0 Å². The maximum absolute atomic E-state index is 12.2. The molecule has 1 rings (SSSR count). The fraction of sp³-hybridized carbons (Fsp3) is 0.538. The lowest BCUT2D eigenvalue weighted by atomic mass is 9.99. The van der Waals surface area contributed by atoms with Crippen LogP contribution in [0.4, 0.5) is 4.79 Å². The second-order valence-corrected chi connectivity index (χ2v) is 4.59. The summed E-state index contributed by atoms with van der Waals surface area (Å²) in [4.78, 5) is 26.4. The number of aliphatic carboxylic acids is 1. The van der Waals surface area contributed by atoms with Crippen LogP contribution < -0.4 is 0 Å². The Morgan fingerprint density at radius 3 is 2.28 bits per heavy atom. The molecule has 0 aliphatic carbocycles. The number of carbonyl (C=O) groups excluding carboxylic acids is 1. The van der Waals surface area contributed by atoms with Gasteiger partial charge in [-0.05, 0) is 5.92 Å². The van der Waals surface area contributed by atoms with Gasteiger partial charge in [-0.15, -0.1) is 13.2 Å². The third-order valence-electron chi connectivity index (χ3n) is 3.17. The van der Waals surface area contributed by atoms with Crippen molar-refractivity contribution in [2.75, 3.05) is 26.2 Å². The van der Waals surface area contributed by atoms with Crippen molar-refractivity contribution in [3.8, 4) is 0 Å². The summed E-state index contributed by atoms with van der Waals surface area (Å²) in [6.07, 6.45) is 3.30. The van der Waals surface area contributed by atoms with Gasteiger partial charge in [0.05, 0.1) is 5.92 Å². The van der Waals surface area contributed by atoms with Gasteiger partial charge in [-0.2, -0.15) is 0 Å². The molecular weight excluding hydrogens is 232 g/mol. The predicted molar refractivity (Wildman–Crippen MR) is 69.2 cm³/mol. The Morgan fingerprint density at radius 2 is 1.89 bits per heavy atom. The monoisotopic (exact) mass is 252 g/mol. The van der Waals surface area contributed by atoms with E-state index in [0.29, 0.717) is 19.6 Å². The minimum absolute atomic E-state index is 0.0132. The molecule has 0 bridgehead atoms. The Kier molecular flexibility index (Phi) is 4.95. The third kappa shape index (κ3) is 3.12. The summed E-state index contributed by atoms with van der Waals surface area (Å²) in [6, 6.07) is -0.148. The molecule has 100 valence electrons. The van der Waals surface area contributed by atoms with E-state index in [2.05, 4.69) is 13.2 Å². The van der Waals surface area contributed by atoms with Crippen molar-refractivity contribution < 1.29 is 14.7 Å². The molecule has 1 aliphatic heterocycles. The van der Waals surface area contributed by atoms with Gasteiger partial charge in [-0.25, -0.2) is 4.79 Å². The zero-order chi connectivity index (χ0) is 13.7. The van der Waals surface area contributed by atoms with Gasteiger partial charge in [0, 0.05) is 26.2 Å². The van der Waals surface area contributed by atoms with Crippen molar-refractivity contribution in [1.82, 2.24) is 9.80 Å². The normalized spacial score (nSPS) is 22.6. The number of urea groups is 1. The van der Waals surface area contributed by atoms with Gasteiger partial charge < -0.3 is 14.9 Å². The van der Waals surface area contributed by atoms with Gasteiger partial charge in [-0.1, -0.05) is 19.1 Å². The molecule has 2 amide bonds. The summed E-state index contributed by atoms with van der Waals surface area (Å²) in [5, 5.41) is 9.04. The lowest BCUT2D eigenvalue weighted by Gasteiger charge is -2.26. The molecule has 0 aromatic carbocycles. The summed E-state index contributed by atoms with van der Waals surface area (Å²) in [5.41, 5.74) is 0. The van der Waals surface area contributed by atoms with Crippen molar-refractivity contribution in [3.63, 3.8) is 0 Å². The molecule has 0 aromatic rings. The Balaban J connectivity index is 2.69. The summed E-state index contributed by atoms with van der Waals surface area (Å²) in [6.45, 7) is 10.7. The van der Waals surface area contributed by atoms with Gasteiger partial charge in [0.1, 0.15) is 0 Å². The Morgan fingerprint density at radius 1 is 1.33 bits per heavy atom. The molecule has 0 saturated carbocycles. The Bertz CT molecular complexity index is 344. The first-order valence-electron chi connectivity index (χ1n) is 5.99. The standard InChI is InChI=1S/C13H20N2O3/c1-4-6-14(7-5-2)13(18)15-8-10(3)11(9-15)12(16)17/h4-5,10-11H,1-2,6-9H2,3H3,(H,16,17)/t10-,11-/m1/s1. The van der Waals surface area contributed by atoms with Crippen molar-refractivity contribution in [2.45, 2.75) is 6.92 Å². The number of likely N-dealkylation sites (tertiary alicyclic amines) is 1. The lowest BCUT2D eigenvalue weighted by molar-refractivity contribution is -0.142. The molecule has 18 heavy (non-hydrogen) atoms. The number of rotatable bonds is 5.